The van der Waals surface area contributed by atoms with Crippen molar-refractivity contribution < 1.29 is 14.6 Å². The molecule has 3 atom stereocenters. The normalized spacial score (nSPS) is 29.6. The lowest BCUT2D eigenvalue weighted by atomic mass is 9.85. The molecule has 3 unspecified atom stereocenters. The van der Waals surface area contributed by atoms with Gasteiger partial charge in [0.25, 0.3) is 0 Å². The van der Waals surface area contributed by atoms with Gasteiger partial charge >= 0.3 is 0 Å². The fourth-order valence-electron chi connectivity index (χ4n) is 3.29. The molecular weight excluding hydrogens is 254 g/mol. The Hall–Kier alpha value is -1.26. The van der Waals surface area contributed by atoms with Crippen LogP contribution in [0.15, 0.2) is 18.2 Å². The third-order valence-corrected chi connectivity index (χ3v) is 4.79. The molecular formula is C16H23NO3. The summed E-state index contributed by atoms with van der Waals surface area (Å²) in [7, 11) is 0. The largest absolute Gasteiger partial charge is 0.454 e. The Kier molecular flexibility index (Phi) is 3.61. The van der Waals surface area contributed by atoms with Gasteiger partial charge in [-0.25, -0.2) is 0 Å². The van der Waals surface area contributed by atoms with Crippen LogP contribution in [-0.2, 0) is 0 Å². The van der Waals surface area contributed by atoms with E-state index in [2.05, 4.69) is 25.2 Å². The maximum Gasteiger partial charge on any atom is 0.231 e. The second-order valence-corrected chi connectivity index (χ2v) is 6.26. The molecule has 20 heavy (non-hydrogen) atoms. The number of benzene rings is 1. The number of aliphatic hydroxyl groups excluding tert-OH is 1. The van der Waals surface area contributed by atoms with Crippen molar-refractivity contribution in [2.75, 3.05) is 13.4 Å². The second-order valence-electron chi connectivity index (χ2n) is 6.26. The highest BCUT2D eigenvalue weighted by molar-refractivity contribution is 5.45. The summed E-state index contributed by atoms with van der Waals surface area (Å²) >= 11 is 0. The third-order valence-electron chi connectivity index (χ3n) is 4.79. The van der Waals surface area contributed by atoms with Crippen molar-refractivity contribution in [1.29, 1.82) is 0 Å². The van der Waals surface area contributed by atoms with Crippen molar-refractivity contribution in [1.82, 2.24) is 5.32 Å². The van der Waals surface area contributed by atoms with E-state index in [1.54, 1.807) is 0 Å². The predicted octanol–water partition coefficient (Wildman–Crippen LogP) is 2.62. The van der Waals surface area contributed by atoms with Crippen LogP contribution in [0.2, 0.25) is 0 Å². The highest BCUT2D eigenvalue weighted by atomic mass is 16.7. The summed E-state index contributed by atoms with van der Waals surface area (Å²) in [5.74, 6) is 1.65. The number of hydrogen-bond donors (Lipinski definition) is 2. The van der Waals surface area contributed by atoms with Crippen LogP contribution in [0, 0.1) is 5.41 Å². The zero-order valence-corrected chi connectivity index (χ0v) is 12.2. The lowest BCUT2D eigenvalue weighted by molar-refractivity contribution is 0.114. The Labute approximate surface area is 120 Å². The first-order valence-electron chi connectivity index (χ1n) is 7.39. The Morgan fingerprint density at radius 3 is 3.00 bits per heavy atom. The van der Waals surface area contributed by atoms with Gasteiger partial charge in [0.15, 0.2) is 11.5 Å². The monoisotopic (exact) mass is 277 g/mol. The summed E-state index contributed by atoms with van der Waals surface area (Å²) in [4.78, 5) is 0. The average molecular weight is 277 g/mol. The van der Waals surface area contributed by atoms with Crippen LogP contribution in [0.1, 0.15) is 44.7 Å². The van der Waals surface area contributed by atoms with Crippen LogP contribution in [-0.4, -0.2) is 24.5 Å². The minimum Gasteiger partial charge on any atom is -0.454 e. The van der Waals surface area contributed by atoms with Gasteiger partial charge in [-0.3, -0.25) is 0 Å². The van der Waals surface area contributed by atoms with E-state index in [0.29, 0.717) is 12.8 Å². The van der Waals surface area contributed by atoms with E-state index in [0.717, 1.165) is 24.3 Å². The Bertz CT molecular complexity index is 491. The van der Waals surface area contributed by atoms with Crippen LogP contribution in [0.4, 0.5) is 0 Å². The standard InChI is InChI=1S/C16H23NO3/c1-11(17-15-4-3-7-16(15,2)9-18)12-5-6-13-14(8-12)20-10-19-13/h5-6,8,11,15,17-18H,3-4,7,9-10H2,1-2H3. The molecule has 1 saturated carbocycles. The molecule has 3 rings (SSSR count). The lowest BCUT2D eigenvalue weighted by Gasteiger charge is -2.32. The molecule has 2 N–H and O–H groups in total. The molecule has 1 fully saturated rings. The number of fused-ring (bicyclic) bond motifs is 1. The molecule has 0 bridgehead atoms. The van der Waals surface area contributed by atoms with E-state index >= 15 is 0 Å². The summed E-state index contributed by atoms with van der Waals surface area (Å²) in [6.07, 6.45) is 3.41. The molecule has 4 heteroatoms. The minimum absolute atomic E-state index is 0.00456. The van der Waals surface area contributed by atoms with E-state index in [1.807, 2.05) is 12.1 Å². The van der Waals surface area contributed by atoms with E-state index in [4.69, 9.17) is 9.47 Å². The molecule has 0 amide bonds. The molecule has 0 spiro atoms. The van der Waals surface area contributed by atoms with Gasteiger partial charge in [-0.05, 0) is 37.5 Å². The number of rotatable bonds is 4. The molecule has 1 aliphatic carbocycles. The molecule has 1 aromatic carbocycles. The maximum absolute atomic E-state index is 9.63. The van der Waals surface area contributed by atoms with Crippen LogP contribution in [0.25, 0.3) is 0 Å². The first kappa shape index (κ1) is 13.7. The zero-order valence-electron chi connectivity index (χ0n) is 12.2. The first-order valence-corrected chi connectivity index (χ1v) is 7.39. The number of aliphatic hydroxyl groups is 1. The van der Waals surface area contributed by atoms with Crippen LogP contribution in [0.5, 0.6) is 11.5 Å². The SMILES string of the molecule is CC(NC1CCCC1(C)CO)c1ccc2c(c1)OCO2. The third kappa shape index (κ3) is 2.38. The average Bonchev–Trinajstić information content (AvgIpc) is 3.05. The molecule has 0 saturated heterocycles. The topological polar surface area (TPSA) is 50.7 Å². The molecule has 1 aromatic rings. The molecule has 1 heterocycles. The Morgan fingerprint density at radius 1 is 1.40 bits per heavy atom. The number of ether oxygens (including phenoxy) is 2. The first-order chi connectivity index (χ1) is 9.62. The number of nitrogens with one attached hydrogen (secondary N) is 1. The van der Waals surface area contributed by atoms with Crippen molar-refractivity contribution in [2.45, 2.75) is 45.2 Å². The summed E-state index contributed by atoms with van der Waals surface area (Å²) in [6.45, 7) is 4.89. The molecule has 0 aromatic heterocycles. The van der Waals surface area contributed by atoms with E-state index in [1.165, 1.54) is 12.0 Å². The summed E-state index contributed by atoms with van der Waals surface area (Å²) in [5, 5.41) is 13.3. The smallest absolute Gasteiger partial charge is 0.231 e. The Balaban J connectivity index is 1.71. The van der Waals surface area contributed by atoms with Gasteiger partial charge in [0.2, 0.25) is 6.79 Å². The van der Waals surface area contributed by atoms with Gasteiger partial charge in [0.1, 0.15) is 0 Å². The molecule has 1 aliphatic heterocycles. The highest BCUT2D eigenvalue weighted by Crippen LogP contribution is 2.39. The predicted molar refractivity (Wildman–Crippen MR) is 76.9 cm³/mol. The molecule has 4 nitrogen and oxygen atoms in total. The van der Waals surface area contributed by atoms with Crippen molar-refractivity contribution in [3.05, 3.63) is 23.8 Å². The summed E-state index contributed by atoms with van der Waals surface area (Å²) < 4.78 is 10.8. The van der Waals surface area contributed by atoms with Gasteiger partial charge in [-0.2, -0.15) is 0 Å². The Morgan fingerprint density at radius 2 is 2.20 bits per heavy atom. The van der Waals surface area contributed by atoms with Crippen LogP contribution < -0.4 is 14.8 Å². The minimum atomic E-state index is 0.00456. The molecule has 0 radical (unpaired) electrons. The maximum atomic E-state index is 9.63. The summed E-state index contributed by atoms with van der Waals surface area (Å²) in [5.41, 5.74) is 1.20. The van der Waals surface area contributed by atoms with Crippen LogP contribution in [0.3, 0.4) is 0 Å². The fraction of sp³-hybridized carbons (Fsp3) is 0.625. The van der Waals surface area contributed by atoms with Gasteiger partial charge in [0, 0.05) is 24.1 Å². The quantitative estimate of drug-likeness (QED) is 0.888. The van der Waals surface area contributed by atoms with Crippen molar-refractivity contribution in [2.24, 2.45) is 5.41 Å². The lowest BCUT2D eigenvalue weighted by Crippen LogP contribution is -2.42. The zero-order chi connectivity index (χ0) is 14.2. The second kappa shape index (κ2) is 5.26. The van der Waals surface area contributed by atoms with E-state index in [-0.39, 0.29) is 18.1 Å². The van der Waals surface area contributed by atoms with Crippen molar-refractivity contribution in [3.63, 3.8) is 0 Å². The van der Waals surface area contributed by atoms with E-state index < -0.39 is 0 Å². The van der Waals surface area contributed by atoms with Crippen LogP contribution >= 0.6 is 0 Å². The van der Waals surface area contributed by atoms with E-state index in [9.17, 15) is 5.11 Å². The fourth-order valence-corrected chi connectivity index (χ4v) is 3.29. The number of hydrogen-bond acceptors (Lipinski definition) is 4. The van der Waals surface area contributed by atoms with Crippen molar-refractivity contribution >= 4 is 0 Å². The highest BCUT2D eigenvalue weighted by Gasteiger charge is 2.38. The van der Waals surface area contributed by atoms with Gasteiger partial charge in [-0.15, -0.1) is 0 Å². The van der Waals surface area contributed by atoms with Gasteiger partial charge < -0.3 is 19.9 Å². The molecule has 110 valence electrons. The van der Waals surface area contributed by atoms with Gasteiger partial charge in [-0.1, -0.05) is 19.4 Å². The van der Waals surface area contributed by atoms with Crippen molar-refractivity contribution in [3.8, 4) is 11.5 Å². The van der Waals surface area contributed by atoms with Gasteiger partial charge in [0.05, 0.1) is 0 Å². The summed E-state index contributed by atoms with van der Waals surface area (Å²) in [6, 6.07) is 6.70. The molecule has 2 aliphatic rings.